The van der Waals surface area contributed by atoms with Crippen LogP contribution in [0.3, 0.4) is 0 Å². The molecule has 5 N–H and O–H groups in total. The minimum Gasteiger partial charge on any atom is -0.394 e. The molecule has 0 spiro atoms. The number of nitrogens with one attached hydrogen (secondary N) is 1. The number of nitrogens with zero attached hydrogens (tertiary/aromatic N) is 3. The van der Waals surface area contributed by atoms with E-state index in [0.29, 0.717) is 5.94 Å². The van der Waals surface area contributed by atoms with Gasteiger partial charge in [-0.2, -0.15) is 4.98 Å². The van der Waals surface area contributed by atoms with Crippen LogP contribution in [0.25, 0.3) is 11.2 Å². The lowest BCUT2D eigenvalue weighted by Gasteiger charge is -2.21. The van der Waals surface area contributed by atoms with Crippen molar-refractivity contribution in [1.29, 1.82) is 0 Å². The van der Waals surface area contributed by atoms with E-state index in [1.165, 1.54) is 22.7 Å². The van der Waals surface area contributed by atoms with Gasteiger partial charge in [-0.3, -0.25) is 14.3 Å². The van der Waals surface area contributed by atoms with E-state index >= 15 is 0 Å². The smallest absolute Gasteiger partial charge is 0.280 e. The molecule has 10 nitrogen and oxygen atoms in total. The van der Waals surface area contributed by atoms with E-state index in [4.69, 9.17) is 15.2 Å². The number of thioether (sulfide) groups is 1. The average molecular weight is 343 g/mol. The number of hydrogen-bond acceptors (Lipinski definition) is 9. The second-order valence-corrected chi connectivity index (χ2v) is 5.86. The van der Waals surface area contributed by atoms with E-state index in [2.05, 4.69) is 15.0 Å². The number of rotatable bonds is 5. The van der Waals surface area contributed by atoms with Crippen LogP contribution in [0, 0.1) is 0 Å². The monoisotopic (exact) mass is 343 g/mol. The van der Waals surface area contributed by atoms with Crippen LogP contribution in [0.4, 0.5) is 5.95 Å². The highest BCUT2D eigenvalue weighted by Gasteiger charge is 2.45. The molecule has 1 aliphatic rings. The van der Waals surface area contributed by atoms with Gasteiger partial charge in [0, 0.05) is 0 Å². The Morgan fingerprint density at radius 3 is 3.09 bits per heavy atom. The molecule has 4 atom stereocenters. The van der Waals surface area contributed by atoms with Gasteiger partial charge in [-0.15, -0.1) is 11.8 Å². The Morgan fingerprint density at radius 1 is 1.61 bits per heavy atom. The zero-order chi connectivity index (χ0) is 16.6. The van der Waals surface area contributed by atoms with Crippen molar-refractivity contribution in [1.82, 2.24) is 19.5 Å². The zero-order valence-electron chi connectivity index (χ0n) is 12.2. The van der Waals surface area contributed by atoms with E-state index in [1.54, 1.807) is 0 Å². The first-order valence-electron chi connectivity index (χ1n) is 6.84. The SMILES string of the molecule is CSCO[C@@H]1[C@H](O)[C@@H](CO)O[C@H]1n1cnc2c(=O)[nH]c(N)nc21. The summed E-state index contributed by atoms with van der Waals surface area (Å²) < 4.78 is 12.8. The molecule has 0 unspecified atom stereocenters. The summed E-state index contributed by atoms with van der Waals surface area (Å²) in [6.07, 6.45) is -0.112. The number of aromatic amines is 1. The van der Waals surface area contributed by atoms with Crippen LogP contribution in [0.5, 0.6) is 0 Å². The summed E-state index contributed by atoms with van der Waals surface area (Å²) >= 11 is 1.44. The molecule has 0 saturated carbocycles. The molecule has 0 bridgehead atoms. The van der Waals surface area contributed by atoms with E-state index in [9.17, 15) is 15.0 Å². The largest absolute Gasteiger partial charge is 0.394 e. The maximum atomic E-state index is 11.8. The molecule has 0 amide bonds. The lowest BCUT2D eigenvalue weighted by molar-refractivity contribution is -0.0607. The molecule has 3 heterocycles. The number of imidazole rings is 1. The molecular weight excluding hydrogens is 326 g/mol. The summed E-state index contributed by atoms with van der Waals surface area (Å²) in [6.45, 7) is -0.362. The predicted molar refractivity (Wildman–Crippen MR) is 82.8 cm³/mol. The van der Waals surface area contributed by atoms with Gasteiger partial charge in [0.1, 0.15) is 18.3 Å². The van der Waals surface area contributed by atoms with Gasteiger partial charge in [-0.05, 0) is 6.26 Å². The first kappa shape index (κ1) is 16.2. The van der Waals surface area contributed by atoms with Crippen molar-refractivity contribution in [3.8, 4) is 0 Å². The zero-order valence-corrected chi connectivity index (χ0v) is 13.1. The van der Waals surface area contributed by atoms with Gasteiger partial charge in [-0.25, -0.2) is 4.98 Å². The first-order valence-corrected chi connectivity index (χ1v) is 8.23. The Hall–Kier alpha value is -1.66. The number of fused-ring (bicyclic) bond motifs is 1. The molecule has 11 heteroatoms. The number of H-pyrrole nitrogens is 1. The van der Waals surface area contributed by atoms with Crippen LogP contribution in [0.1, 0.15) is 6.23 Å². The highest BCUT2D eigenvalue weighted by Crippen LogP contribution is 2.33. The highest BCUT2D eigenvalue weighted by molar-refractivity contribution is 7.98. The minimum atomic E-state index is -1.02. The Bertz CT molecular complexity index is 749. The number of aliphatic hydroxyl groups is 2. The second-order valence-electron chi connectivity index (χ2n) is 5.05. The van der Waals surface area contributed by atoms with Crippen molar-refractivity contribution in [3.63, 3.8) is 0 Å². The second kappa shape index (κ2) is 6.45. The normalized spacial score (nSPS) is 27.8. The maximum Gasteiger partial charge on any atom is 0.280 e. The maximum absolute atomic E-state index is 11.8. The van der Waals surface area contributed by atoms with Crippen molar-refractivity contribution in [2.24, 2.45) is 0 Å². The topological polar surface area (TPSA) is 149 Å². The Labute approximate surface area is 134 Å². The number of nitrogen functional groups attached to an aromatic ring is 1. The van der Waals surface area contributed by atoms with Crippen LogP contribution in [0.2, 0.25) is 0 Å². The number of anilines is 1. The molecule has 0 aliphatic carbocycles. The van der Waals surface area contributed by atoms with Crippen LogP contribution in [0.15, 0.2) is 11.1 Å². The van der Waals surface area contributed by atoms with Gasteiger partial charge in [-0.1, -0.05) is 0 Å². The Morgan fingerprint density at radius 2 is 2.39 bits per heavy atom. The number of nitrogens with two attached hydrogens (primary N) is 1. The van der Waals surface area contributed by atoms with Crippen LogP contribution in [-0.4, -0.2) is 66.8 Å². The van der Waals surface area contributed by atoms with E-state index in [0.717, 1.165) is 0 Å². The quantitative estimate of drug-likeness (QED) is 0.484. The molecule has 1 aliphatic heterocycles. The van der Waals surface area contributed by atoms with E-state index in [1.807, 2.05) is 6.26 Å². The molecule has 0 radical (unpaired) electrons. The molecular formula is C12H17N5O5S. The van der Waals surface area contributed by atoms with Crippen molar-refractivity contribution in [2.45, 2.75) is 24.5 Å². The van der Waals surface area contributed by atoms with Gasteiger partial charge in [0.25, 0.3) is 5.56 Å². The summed E-state index contributed by atoms with van der Waals surface area (Å²) in [7, 11) is 0. The number of aromatic nitrogens is 4. The van der Waals surface area contributed by atoms with Gasteiger partial charge in [0.15, 0.2) is 17.4 Å². The van der Waals surface area contributed by atoms with Crippen molar-refractivity contribution >= 4 is 28.9 Å². The summed E-state index contributed by atoms with van der Waals surface area (Å²) in [5.74, 6) is 0.283. The summed E-state index contributed by atoms with van der Waals surface area (Å²) in [5.41, 5.74) is 5.43. The highest BCUT2D eigenvalue weighted by atomic mass is 32.2. The third-order valence-electron chi connectivity index (χ3n) is 3.60. The molecule has 0 aromatic carbocycles. The van der Waals surface area contributed by atoms with Gasteiger partial charge >= 0.3 is 0 Å². The molecule has 126 valence electrons. The molecule has 2 aromatic heterocycles. The van der Waals surface area contributed by atoms with Crippen LogP contribution in [-0.2, 0) is 9.47 Å². The van der Waals surface area contributed by atoms with Crippen molar-refractivity contribution in [2.75, 3.05) is 24.5 Å². The van der Waals surface area contributed by atoms with Crippen LogP contribution < -0.4 is 11.3 Å². The van der Waals surface area contributed by atoms with E-state index < -0.39 is 30.1 Å². The fraction of sp³-hybridized carbons (Fsp3) is 0.583. The standard InChI is InChI=1S/C12H17N5O5S/c1-23-4-21-8-7(19)5(2-18)22-11(8)17-3-14-6-9(17)15-12(13)16-10(6)20/h3,5,7-8,11,18-19H,2,4H2,1H3,(H3,13,15,16,20)/t5-,7-,8-,11-/m1/s1. The molecule has 1 fully saturated rings. The Kier molecular flexibility index (Phi) is 4.55. The number of hydrogen-bond donors (Lipinski definition) is 4. The summed E-state index contributed by atoms with van der Waals surface area (Å²) in [6, 6.07) is 0. The fourth-order valence-electron chi connectivity index (χ4n) is 2.55. The lowest BCUT2D eigenvalue weighted by atomic mass is 10.1. The Balaban J connectivity index is 2.03. The lowest BCUT2D eigenvalue weighted by Crippen LogP contribution is -2.35. The molecule has 3 rings (SSSR count). The third kappa shape index (κ3) is 2.81. The minimum absolute atomic E-state index is 0.0527. The predicted octanol–water partition coefficient (Wildman–Crippen LogP) is -1.34. The number of ether oxygens (including phenoxy) is 2. The van der Waals surface area contributed by atoms with E-state index in [-0.39, 0.29) is 23.7 Å². The molecule has 23 heavy (non-hydrogen) atoms. The first-order chi connectivity index (χ1) is 11.1. The van der Waals surface area contributed by atoms with Crippen molar-refractivity contribution in [3.05, 3.63) is 16.7 Å². The third-order valence-corrected chi connectivity index (χ3v) is 3.97. The average Bonchev–Trinajstić information content (AvgIpc) is 3.06. The van der Waals surface area contributed by atoms with Crippen LogP contribution >= 0.6 is 11.8 Å². The molecule has 1 saturated heterocycles. The fourth-order valence-corrected chi connectivity index (χ4v) is 2.84. The number of aliphatic hydroxyl groups excluding tert-OH is 2. The van der Waals surface area contributed by atoms with Gasteiger partial charge in [0.05, 0.1) is 18.9 Å². The van der Waals surface area contributed by atoms with Gasteiger partial charge in [0.2, 0.25) is 5.95 Å². The summed E-state index contributed by atoms with van der Waals surface area (Å²) in [5, 5.41) is 19.6. The van der Waals surface area contributed by atoms with Crippen molar-refractivity contribution < 1.29 is 19.7 Å². The molecule has 2 aromatic rings. The van der Waals surface area contributed by atoms with Gasteiger partial charge < -0.3 is 25.4 Å². The summed E-state index contributed by atoms with van der Waals surface area (Å²) in [4.78, 5) is 22.3.